The first-order chi connectivity index (χ1) is 7.99. The zero-order valence-corrected chi connectivity index (χ0v) is 10.5. The highest BCUT2D eigenvalue weighted by molar-refractivity contribution is 7.95. The summed E-state index contributed by atoms with van der Waals surface area (Å²) in [5.41, 5.74) is 1.32. The van der Waals surface area contributed by atoms with E-state index >= 15 is 0 Å². The van der Waals surface area contributed by atoms with Crippen molar-refractivity contribution in [3.8, 4) is 5.75 Å². The summed E-state index contributed by atoms with van der Waals surface area (Å²) in [6.07, 6.45) is 0. The normalized spacial score (nSPS) is 18.4. The number of rotatable bonds is 3. The molecule has 1 heterocycles. The zero-order valence-electron chi connectivity index (χ0n) is 9.67. The van der Waals surface area contributed by atoms with Crippen molar-refractivity contribution < 1.29 is 18.3 Å². The van der Waals surface area contributed by atoms with E-state index in [0.717, 1.165) is 0 Å². The lowest BCUT2D eigenvalue weighted by Crippen LogP contribution is -2.02. The molecule has 0 aromatic heterocycles. The Morgan fingerprint density at radius 3 is 2.71 bits per heavy atom. The Balaban J connectivity index is 2.61. The SMILES string of the molecule is COc1ccc2c(c1)S(=O)(=O)C=C2C(C)CO. The van der Waals surface area contributed by atoms with Gasteiger partial charge in [-0.25, -0.2) is 8.42 Å². The lowest BCUT2D eigenvalue weighted by Gasteiger charge is -2.10. The predicted octanol–water partition coefficient (Wildman–Crippen LogP) is 1.45. The minimum atomic E-state index is -3.40. The lowest BCUT2D eigenvalue weighted by molar-refractivity contribution is 0.266. The second-order valence-corrected chi connectivity index (χ2v) is 5.83. The molecule has 1 atom stereocenters. The molecule has 1 aromatic rings. The van der Waals surface area contributed by atoms with E-state index in [-0.39, 0.29) is 17.4 Å². The van der Waals surface area contributed by atoms with Crippen LogP contribution >= 0.6 is 0 Å². The summed E-state index contributed by atoms with van der Waals surface area (Å²) < 4.78 is 28.9. The van der Waals surface area contributed by atoms with Crippen LogP contribution in [0.15, 0.2) is 28.5 Å². The first kappa shape index (κ1) is 12.1. The van der Waals surface area contributed by atoms with Crippen molar-refractivity contribution in [2.45, 2.75) is 11.8 Å². The number of sulfone groups is 1. The van der Waals surface area contributed by atoms with Gasteiger partial charge in [-0.2, -0.15) is 0 Å². The minimum Gasteiger partial charge on any atom is -0.497 e. The molecule has 1 N–H and O–H groups in total. The molecule has 1 aliphatic heterocycles. The molecule has 4 nitrogen and oxygen atoms in total. The van der Waals surface area contributed by atoms with Gasteiger partial charge in [0.2, 0.25) is 9.84 Å². The van der Waals surface area contributed by atoms with Crippen molar-refractivity contribution in [3.63, 3.8) is 0 Å². The van der Waals surface area contributed by atoms with Crippen LogP contribution in [-0.4, -0.2) is 27.2 Å². The van der Waals surface area contributed by atoms with Gasteiger partial charge < -0.3 is 9.84 Å². The maximum absolute atomic E-state index is 11.9. The van der Waals surface area contributed by atoms with Gasteiger partial charge in [-0.3, -0.25) is 0 Å². The van der Waals surface area contributed by atoms with Gasteiger partial charge in [0.1, 0.15) is 5.75 Å². The summed E-state index contributed by atoms with van der Waals surface area (Å²) in [5, 5.41) is 10.4. The van der Waals surface area contributed by atoms with E-state index < -0.39 is 9.84 Å². The fourth-order valence-electron chi connectivity index (χ4n) is 1.88. The molecular formula is C12H14O4S. The zero-order chi connectivity index (χ0) is 12.6. The van der Waals surface area contributed by atoms with Gasteiger partial charge in [0.15, 0.2) is 0 Å². The van der Waals surface area contributed by atoms with Crippen LogP contribution < -0.4 is 4.74 Å². The van der Waals surface area contributed by atoms with Gasteiger partial charge in [0.05, 0.1) is 12.0 Å². The summed E-state index contributed by atoms with van der Waals surface area (Å²) in [6.45, 7) is 1.72. The van der Waals surface area contributed by atoms with Crippen LogP contribution in [0.5, 0.6) is 5.75 Å². The molecule has 1 unspecified atom stereocenters. The van der Waals surface area contributed by atoms with E-state index in [2.05, 4.69) is 0 Å². The lowest BCUT2D eigenvalue weighted by atomic mass is 9.96. The van der Waals surface area contributed by atoms with E-state index in [1.54, 1.807) is 19.1 Å². The number of aliphatic hydroxyl groups is 1. The monoisotopic (exact) mass is 254 g/mol. The van der Waals surface area contributed by atoms with Crippen LogP contribution in [0, 0.1) is 5.92 Å². The van der Waals surface area contributed by atoms with Crippen molar-refractivity contribution in [1.82, 2.24) is 0 Å². The number of benzene rings is 1. The standard InChI is InChI=1S/C12H14O4S/c1-8(6-13)11-7-17(14,15)12-5-9(16-2)3-4-10(11)12/h3-5,7-8,13H,6H2,1-2H3. The van der Waals surface area contributed by atoms with Gasteiger partial charge >= 0.3 is 0 Å². The highest BCUT2D eigenvalue weighted by atomic mass is 32.2. The van der Waals surface area contributed by atoms with E-state index in [1.807, 2.05) is 0 Å². The van der Waals surface area contributed by atoms with Crippen LogP contribution in [0.4, 0.5) is 0 Å². The quantitative estimate of drug-likeness (QED) is 0.886. The van der Waals surface area contributed by atoms with Gasteiger partial charge in [-0.15, -0.1) is 0 Å². The molecule has 0 bridgehead atoms. The summed E-state index contributed by atoms with van der Waals surface area (Å²) in [7, 11) is -1.90. The Labute approximate surface area is 100 Å². The van der Waals surface area contributed by atoms with Crippen molar-refractivity contribution in [1.29, 1.82) is 0 Å². The van der Waals surface area contributed by atoms with E-state index in [1.165, 1.54) is 18.6 Å². The van der Waals surface area contributed by atoms with Crippen LogP contribution in [-0.2, 0) is 9.84 Å². The van der Waals surface area contributed by atoms with Crippen molar-refractivity contribution in [2.75, 3.05) is 13.7 Å². The molecule has 5 heteroatoms. The maximum atomic E-state index is 11.9. The Morgan fingerprint density at radius 2 is 2.12 bits per heavy atom. The summed E-state index contributed by atoms with van der Waals surface area (Å²) >= 11 is 0. The van der Waals surface area contributed by atoms with Crippen LogP contribution in [0.25, 0.3) is 5.57 Å². The number of ether oxygens (including phenoxy) is 1. The Morgan fingerprint density at radius 1 is 1.41 bits per heavy atom. The summed E-state index contributed by atoms with van der Waals surface area (Å²) in [5.74, 6) is 0.318. The Hall–Kier alpha value is -1.33. The molecule has 0 fully saturated rings. The average Bonchev–Trinajstić information content (AvgIpc) is 2.60. The van der Waals surface area contributed by atoms with Crippen molar-refractivity contribution in [3.05, 3.63) is 29.2 Å². The average molecular weight is 254 g/mol. The molecule has 1 aliphatic rings. The molecule has 0 amide bonds. The first-order valence-corrected chi connectivity index (χ1v) is 6.80. The van der Waals surface area contributed by atoms with E-state index in [0.29, 0.717) is 16.9 Å². The highest BCUT2D eigenvalue weighted by Gasteiger charge is 2.29. The maximum Gasteiger partial charge on any atom is 0.200 e. The second-order valence-electron chi connectivity index (χ2n) is 4.06. The van der Waals surface area contributed by atoms with Crippen molar-refractivity contribution >= 4 is 15.4 Å². The molecule has 0 saturated carbocycles. The largest absolute Gasteiger partial charge is 0.497 e. The molecule has 0 spiro atoms. The molecule has 2 rings (SSSR count). The third-order valence-electron chi connectivity index (χ3n) is 2.89. The van der Waals surface area contributed by atoms with E-state index in [4.69, 9.17) is 9.84 Å². The first-order valence-electron chi connectivity index (χ1n) is 5.25. The smallest absolute Gasteiger partial charge is 0.200 e. The van der Waals surface area contributed by atoms with Crippen LogP contribution in [0.3, 0.4) is 0 Å². The fourth-order valence-corrected chi connectivity index (χ4v) is 3.47. The molecule has 0 aliphatic carbocycles. The van der Waals surface area contributed by atoms with Crippen LogP contribution in [0.1, 0.15) is 12.5 Å². The summed E-state index contributed by atoms with van der Waals surface area (Å²) in [6, 6.07) is 4.95. The third kappa shape index (κ3) is 1.96. The number of aliphatic hydroxyl groups excluding tert-OH is 1. The van der Waals surface area contributed by atoms with Gasteiger partial charge in [-0.1, -0.05) is 6.92 Å². The van der Waals surface area contributed by atoms with Crippen molar-refractivity contribution in [2.24, 2.45) is 5.92 Å². The second kappa shape index (κ2) is 4.16. The summed E-state index contributed by atoms with van der Waals surface area (Å²) in [4.78, 5) is 0.257. The van der Waals surface area contributed by atoms with E-state index in [9.17, 15) is 8.42 Å². The number of hydrogen-bond acceptors (Lipinski definition) is 4. The highest BCUT2D eigenvalue weighted by Crippen LogP contribution is 2.39. The Bertz CT molecular complexity index is 572. The molecular weight excluding hydrogens is 240 g/mol. The Kier molecular flexibility index (Phi) is 2.97. The van der Waals surface area contributed by atoms with Gasteiger partial charge in [-0.05, 0) is 29.3 Å². The van der Waals surface area contributed by atoms with Gasteiger partial charge in [0.25, 0.3) is 0 Å². The molecule has 17 heavy (non-hydrogen) atoms. The van der Waals surface area contributed by atoms with Crippen LogP contribution in [0.2, 0.25) is 0 Å². The number of fused-ring (bicyclic) bond motifs is 1. The predicted molar refractivity (Wildman–Crippen MR) is 64.4 cm³/mol. The number of methoxy groups -OCH3 is 1. The topological polar surface area (TPSA) is 63.6 Å². The molecule has 0 saturated heterocycles. The molecule has 0 radical (unpaired) electrons. The van der Waals surface area contributed by atoms with Gasteiger partial charge in [0, 0.05) is 17.9 Å². The minimum absolute atomic E-state index is 0.0766. The fraction of sp³-hybridized carbons (Fsp3) is 0.333. The molecule has 1 aromatic carbocycles. The molecule has 92 valence electrons. The third-order valence-corrected chi connectivity index (χ3v) is 4.41. The number of hydrogen-bond donors (Lipinski definition) is 1.